The van der Waals surface area contributed by atoms with Gasteiger partial charge >= 0.3 is 0 Å². The fraction of sp³-hybridized carbons (Fsp3) is 0.0400. The maximum Gasteiger partial charge on any atom is 0.166 e. The van der Waals surface area contributed by atoms with Crippen molar-refractivity contribution in [2.24, 2.45) is 0 Å². The summed E-state index contributed by atoms with van der Waals surface area (Å²) in [5, 5.41) is 0. The lowest BCUT2D eigenvalue weighted by Crippen LogP contribution is -2.04. The molecule has 0 aliphatic heterocycles. The molecule has 0 radical (unpaired) electrons. The summed E-state index contributed by atoms with van der Waals surface area (Å²) in [4.78, 5) is 3.91. The summed E-state index contributed by atoms with van der Waals surface area (Å²) < 4.78 is 32.4. The average molecular weight is 560 g/mol. The van der Waals surface area contributed by atoms with Crippen LogP contribution in [0.3, 0.4) is 0 Å². The predicted octanol–water partition coefficient (Wildman–Crippen LogP) is 6.29. The van der Waals surface area contributed by atoms with Crippen LogP contribution >= 0.6 is 22.6 Å². The highest BCUT2D eigenvalue weighted by molar-refractivity contribution is 14.1. The van der Waals surface area contributed by atoms with Crippen molar-refractivity contribution in [2.75, 3.05) is 0 Å². The number of hydrogen-bond donors (Lipinski definition) is 0. The quantitative estimate of drug-likeness (QED) is 0.168. The minimum atomic E-state index is -4.27. The van der Waals surface area contributed by atoms with E-state index in [-0.39, 0.29) is 15.8 Å². The SMILES string of the molecule is Cc1ccc(S(=O)(=O)[O-])cc1.Ic1ccc([S+](c2ccccc2)c2ccccc2)cc1. The largest absolute Gasteiger partial charge is 0.744 e. The summed E-state index contributed by atoms with van der Waals surface area (Å²) in [5.41, 5.74) is 0.928. The van der Waals surface area contributed by atoms with Gasteiger partial charge in [-0.25, -0.2) is 8.42 Å². The molecule has 0 fully saturated rings. The lowest BCUT2D eigenvalue weighted by atomic mass is 10.2. The van der Waals surface area contributed by atoms with E-state index in [0.29, 0.717) is 0 Å². The zero-order valence-electron chi connectivity index (χ0n) is 16.8. The van der Waals surface area contributed by atoms with Crippen LogP contribution in [0.25, 0.3) is 0 Å². The van der Waals surface area contributed by atoms with Crippen molar-refractivity contribution in [1.29, 1.82) is 0 Å². The minimum absolute atomic E-state index is 0.0262. The second-order valence-electron chi connectivity index (χ2n) is 6.65. The van der Waals surface area contributed by atoms with Gasteiger partial charge in [-0.1, -0.05) is 54.1 Å². The molecule has 0 amide bonds. The zero-order chi connectivity index (χ0) is 22.3. The maximum atomic E-state index is 10.4. The monoisotopic (exact) mass is 560 g/mol. The third kappa shape index (κ3) is 6.93. The Morgan fingerprint density at radius 2 is 1.06 bits per heavy atom. The van der Waals surface area contributed by atoms with Gasteiger partial charge in [0.15, 0.2) is 14.7 Å². The lowest BCUT2D eigenvalue weighted by molar-refractivity contribution is 0.463. The molecule has 31 heavy (non-hydrogen) atoms. The molecular formula is C25H21IO3S2. The summed E-state index contributed by atoms with van der Waals surface area (Å²) in [7, 11) is -4.30. The Morgan fingerprint density at radius 1 is 0.645 bits per heavy atom. The molecule has 0 unspecified atom stereocenters. The standard InChI is InChI=1S/C18H14IS.C7H8O3S/c19-15-11-13-18(14-12-15)20(16-7-3-1-4-8-16)17-9-5-2-6-10-17;1-6-2-4-7(5-3-6)11(8,9)10/h1-14H;2-5H,1H3,(H,8,9,10)/q+1;/p-1. The van der Waals surface area contributed by atoms with Crippen LogP contribution in [0.1, 0.15) is 5.56 Å². The summed E-state index contributed by atoms with van der Waals surface area (Å²) in [5.74, 6) is 0. The highest BCUT2D eigenvalue weighted by atomic mass is 127. The second kappa shape index (κ2) is 10.9. The van der Waals surface area contributed by atoms with E-state index in [9.17, 15) is 13.0 Å². The summed E-state index contributed by atoms with van der Waals surface area (Å²) in [6.07, 6.45) is 0. The Morgan fingerprint density at radius 3 is 1.48 bits per heavy atom. The molecule has 4 aromatic carbocycles. The van der Waals surface area contributed by atoms with Gasteiger partial charge in [-0.05, 0) is 90.2 Å². The first-order chi connectivity index (χ1) is 14.8. The van der Waals surface area contributed by atoms with E-state index in [1.165, 1.54) is 30.4 Å². The Kier molecular flexibility index (Phi) is 8.31. The number of hydrogen-bond acceptors (Lipinski definition) is 3. The predicted molar refractivity (Wildman–Crippen MR) is 133 cm³/mol. The molecule has 0 N–H and O–H groups in total. The van der Waals surface area contributed by atoms with Gasteiger partial charge in [-0.15, -0.1) is 0 Å². The Hall–Kier alpha value is -2.13. The van der Waals surface area contributed by atoms with Crippen LogP contribution in [0.15, 0.2) is 129 Å². The van der Waals surface area contributed by atoms with Crippen molar-refractivity contribution >= 4 is 43.6 Å². The maximum absolute atomic E-state index is 10.4. The van der Waals surface area contributed by atoms with Crippen LogP contribution in [0, 0.1) is 10.5 Å². The van der Waals surface area contributed by atoms with Crippen LogP contribution in [-0.4, -0.2) is 13.0 Å². The van der Waals surface area contributed by atoms with Crippen LogP contribution in [0.2, 0.25) is 0 Å². The number of rotatable bonds is 4. The molecule has 0 atom stereocenters. The summed E-state index contributed by atoms with van der Waals surface area (Å²) in [6, 6.07) is 36.1. The highest BCUT2D eigenvalue weighted by Gasteiger charge is 2.27. The van der Waals surface area contributed by atoms with Crippen LogP contribution in [0.5, 0.6) is 0 Å². The molecule has 6 heteroatoms. The number of benzene rings is 4. The first kappa shape index (κ1) is 23.5. The molecule has 0 bridgehead atoms. The lowest BCUT2D eigenvalue weighted by Gasteiger charge is -2.07. The number of halogens is 1. The molecular weight excluding hydrogens is 539 g/mol. The first-order valence-electron chi connectivity index (χ1n) is 9.47. The van der Waals surface area contributed by atoms with Gasteiger partial charge in [0.25, 0.3) is 0 Å². The van der Waals surface area contributed by atoms with Gasteiger partial charge in [-0.3, -0.25) is 0 Å². The molecule has 0 heterocycles. The van der Waals surface area contributed by atoms with Crippen LogP contribution in [-0.2, 0) is 21.0 Å². The van der Waals surface area contributed by atoms with Crippen molar-refractivity contribution in [3.05, 3.63) is 118 Å². The Balaban J connectivity index is 0.000000210. The second-order valence-corrected chi connectivity index (χ2v) is 11.3. The molecule has 0 saturated carbocycles. The highest BCUT2D eigenvalue weighted by Crippen LogP contribution is 2.31. The third-order valence-corrected chi connectivity index (χ3v) is 8.12. The molecule has 3 nitrogen and oxygen atoms in total. The fourth-order valence-electron chi connectivity index (χ4n) is 2.80. The Labute approximate surface area is 200 Å². The third-order valence-electron chi connectivity index (χ3n) is 4.32. The van der Waals surface area contributed by atoms with Gasteiger partial charge in [0, 0.05) is 3.57 Å². The van der Waals surface area contributed by atoms with Crippen LogP contribution < -0.4 is 0 Å². The van der Waals surface area contributed by atoms with E-state index in [1.54, 1.807) is 12.1 Å². The average Bonchev–Trinajstić information content (AvgIpc) is 2.77. The van der Waals surface area contributed by atoms with E-state index in [1.807, 2.05) is 6.92 Å². The van der Waals surface area contributed by atoms with Crippen molar-refractivity contribution in [1.82, 2.24) is 0 Å². The van der Waals surface area contributed by atoms with Crippen molar-refractivity contribution < 1.29 is 13.0 Å². The normalized spacial score (nSPS) is 11.0. The molecule has 0 aliphatic rings. The minimum Gasteiger partial charge on any atom is -0.744 e. The van der Waals surface area contributed by atoms with E-state index in [2.05, 4.69) is 108 Å². The summed E-state index contributed by atoms with van der Waals surface area (Å²) in [6.45, 7) is 1.82. The topological polar surface area (TPSA) is 57.2 Å². The number of aryl methyl sites for hydroxylation is 1. The summed E-state index contributed by atoms with van der Waals surface area (Å²) >= 11 is 2.35. The van der Waals surface area contributed by atoms with Crippen LogP contribution in [0.4, 0.5) is 0 Å². The first-order valence-corrected chi connectivity index (χ1v) is 13.2. The van der Waals surface area contributed by atoms with E-state index in [4.69, 9.17) is 0 Å². The van der Waals surface area contributed by atoms with Gasteiger partial charge in [0.05, 0.1) is 15.8 Å². The van der Waals surface area contributed by atoms with Gasteiger partial charge < -0.3 is 4.55 Å². The fourth-order valence-corrected chi connectivity index (χ4v) is 5.71. The molecule has 4 rings (SSSR count). The van der Waals surface area contributed by atoms with Crippen molar-refractivity contribution in [3.63, 3.8) is 0 Å². The Bertz CT molecular complexity index is 1150. The molecule has 0 spiro atoms. The van der Waals surface area contributed by atoms with Crippen molar-refractivity contribution in [2.45, 2.75) is 26.5 Å². The van der Waals surface area contributed by atoms with Crippen molar-refractivity contribution in [3.8, 4) is 0 Å². The molecule has 0 saturated heterocycles. The smallest absolute Gasteiger partial charge is 0.166 e. The van der Waals surface area contributed by atoms with Gasteiger partial charge in [-0.2, -0.15) is 0 Å². The molecule has 0 aromatic heterocycles. The van der Waals surface area contributed by atoms with E-state index in [0.717, 1.165) is 5.56 Å². The van der Waals surface area contributed by atoms with E-state index < -0.39 is 10.1 Å². The van der Waals surface area contributed by atoms with E-state index >= 15 is 0 Å². The molecule has 4 aromatic rings. The van der Waals surface area contributed by atoms with Gasteiger partial charge in [0.2, 0.25) is 0 Å². The van der Waals surface area contributed by atoms with Gasteiger partial charge in [0.1, 0.15) is 10.1 Å². The zero-order valence-corrected chi connectivity index (χ0v) is 20.6. The molecule has 0 aliphatic carbocycles. The molecule has 158 valence electrons.